The van der Waals surface area contributed by atoms with Gasteiger partial charge in [0.05, 0.1) is 0 Å². The van der Waals surface area contributed by atoms with E-state index in [1.54, 1.807) is 0 Å². The Morgan fingerprint density at radius 2 is 2.07 bits per heavy atom. The van der Waals surface area contributed by atoms with Crippen molar-refractivity contribution in [1.29, 1.82) is 0 Å². The second-order valence-corrected chi connectivity index (χ2v) is 4.94. The molecule has 0 spiro atoms. The molecule has 3 nitrogen and oxygen atoms in total. The second-order valence-electron chi connectivity index (χ2n) is 4.94. The largest absolute Gasteiger partial charge is 0.329 e. The summed E-state index contributed by atoms with van der Waals surface area (Å²) < 4.78 is 0. The summed E-state index contributed by atoms with van der Waals surface area (Å²) in [5.74, 6) is 0. The van der Waals surface area contributed by atoms with E-state index in [9.17, 15) is 0 Å². The Bertz CT molecular complexity index is 170. The lowest BCUT2D eigenvalue weighted by Gasteiger charge is -2.34. The van der Waals surface area contributed by atoms with Crippen LogP contribution in [0.15, 0.2) is 0 Å². The van der Waals surface area contributed by atoms with Gasteiger partial charge < -0.3 is 16.0 Å². The second kappa shape index (κ2) is 5.10. The van der Waals surface area contributed by atoms with Gasteiger partial charge in [-0.3, -0.25) is 0 Å². The van der Waals surface area contributed by atoms with E-state index in [1.165, 1.54) is 25.8 Å². The van der Waals surface area contributed by atoms with Gasteiger partial charge in [0.25, 0.3) is 0 Å². The molecule has 0 amide bonds. The average molecular weight is 199 g/mol. The van der Waals surface area contributed by atoms with Crippen molar-refractivity contribution in [1.82, 2.24) is 10.2 Å². The Morgan fingerprint density at radius 3 is 2.64 bits per heavy atom. The molecule has 1 aliphatic rings. The molecule has 3 N–H and O–H groups in total. The van der Waals surface area contributed by atoms with Gasteiger partial charge >= 0.3 is 0 Å². The van der Waals surface area contributed by atoms with Crippen molar-refractivity contribution in [3.05, 3.63) is 0 Å². The summed E-state index contributed by atoms with van der Waals surface area (Å²) in [7, 11) is 2.20. The molecule has 0 bridgehead atoms. The first-order valence-corrected chi connectivity index (χ1v) is 5.74. The van der Waals surface area contributed by atoms with Crippen LogP contribution in [-0.4, -0.2) is 43.2 Å². The molecule has 0 radical (unpaired) electrons. The maximum Gasteiger partial charge on any atom is 0.0318 e. The zero-order valence-corrected chi connectivity index (χ0v) is 9.84. The fraction of sp³-hybridized carbons (Fsp3) is 1.00. The lowest BCUT2D eigenvalue weighted by Crippen LogP contribution is -2.54. The normalized spacial score (nSPS) is 30.6. The van der Waals surface area contributed by atoms with Gasteiger partial charge in [-0.05, 0) is 39.4 Å². The smallest absolute Gasteiger partial charge is 0.0318 e. The van der Waals surface area contributed by atoms with Crippen LogP contribution in [0, 0.1) is 0 Å². The Morgan fingerprint density at radius 1 is 1.36 bits per heavy atom. The highest BCUT2D eigenvalue weighted by atomic mass is 15.1. The van der Waals surface area contributed by atoms with Crippen molar-refractivity contribution in [3.8, 4) is 0 Å². The molecule has 1 saturated heterocycles. The van der Waals surface area contributed by atoms with Crippen LogP contribution in [0.25, 0.3) is 0 Å². The molecule has 3 heteroatoms. The topological polar surface area (TPSA) is 41.3 Å². The van der Waals surface area contributed by atoms with Crippen LogP contribution in [0.1, 0.15) is 33.1 Å². The predicted molar refractivity (Wildman–Crippen MR) is 61.4 cm³/mol. The minimum Gasteiger partial charge on any atom is -0.329 e. The van der Waals surface area contributed by atoms with Gasteiger partial charge in [-0.2, -0.15) is 0 Å². The summed E-state index contributed by atoms with van der Waals surface area (Å²) >= 11 is 0. The quantitative estimate of drug-likeness (QED) is 0.706. The van der Waals surface area contributed by atoms with Crippen LogP contribution in [0.2, 0.25) is 0 Å². The molecule has 1 fully saturated rings. The van der Waals surface area contributed by atoms with E-state index in [-0.39, 0.29) is 5.54 Å². The first kappa shape index (κ1) is 12.0. The minimum atomic E-state index is 0.193. The van der Waals surface area contributed by atoms with Gasteiger partial charge in [-0.25, -0.2) is 0 Å². The number of nitrogens with two attached hydrogens (primary N) is 1. The zero-order valence-electron chi connectivity index (χ0n) is 9.84. The third kappa shape index (κ3) is 3.23. The van der Waals surface area contributed by atoms with Gasteiger partial charge in [0.2, 0.25) is 0 Å². The van der Waals surface area contributed by atoms with Crippen LogP contribution < -0.4 is 11.1 Å². The van der Waals surface area contributed by atoms with Crippen molar-refractivity contribution in [2.24, 2.45) is 5.73 Å². The predicted octanol–water partition coefficient (Wildman–Crippen LogP) is 0.798. The van der Waals surface area contributed by atoms with Crippen LogP contribution >= 0.6 is 0 Å². The van der Waals surface area contributed by atoms with Gasteiger partial charge in [0.1, 0.15) is 0 Å². The van der Waals surface area contributed by atoms with E-state index in [1.807, 2.05) is 0 Å². The molecule has 1 heterocycles. The lowest BCUT2D eigenvalue weighted by molar-refractivity contribution is 0.264. The molecule has 14 heavy (non-hydrogen) atoms. The Balaban J connectivity index is 2.58. The molecule has 0 aliphatic carbocycles. The molecular weight excluding hydrogens is 174 g/mol. The molecule has 0 aromatic rings. The van der Waals surface area contributed by atoms with Crippen molar-refractivity contribution in [2.45, 2.75) is 44.7 Å². The SMILES string of the molecule is CC(C)NC1(CN)CCCN(C)CC1. The maximum absolute atomic E-state index is 5.92. The number of hydrogen-bond donors (Lipinski definition) is 2. The number of hydrogen-bond acceptors (Lipinski definition) is 3. The van der Waals surface area contributed by atoms with Crippen LogP contribution in [0.5, 0.6) is 0 Å². The van der Waals surface area contributed by atoms with Crippen molar-refractivity contribution in [3.63, 3.8) is 0 Å². The third-order valence-corrected chi connectivity index (χ3v) is 3.15. The molecule has 0 aromatic carbocycles. The number of nitrogens with one attached hydrogen (secondary N) is 1. The fourth-order valence-electron chi connectivity index (χ4n) is 2.35. The maximum atomic E-state index is 5.92. The van der Waals surface area contributed by atoms with E-state index in [2.05, 4.69) is 31.1 Å². The molecule has 0 aromatic heterocycles. The Hall–Kier alpha value is -0.120. The Labute approximate surface area is 88.0 Å². The molecular formula is C11H25N3. The van der Waals surface area contributed by atoms with E-state index in [4.69, 9.17) is 5.73 Å². The van der Waals surface area contributed by atoms with Crippen molar-refractivity contribution in [2.75, 3.05) is 26.7 Å². The molecule has 1 unspecified atom stereocenters. The number of nitrogens with zero attached hydrogens (tertiary/aromatic N) is 1. The van der Waals surface area contributed by atoms with E-state index < -0.39 is 0 Å². The van der Waals surface area contributed by atoms with Gasteiger partial charge in [0.15, 0.2) is 0 Å². The van der Waals surface area contributed by atoms with E-state index >= 15 is 0 Å². The molecule has 1 aliphatic heterocycles. The van der Waals surface area contributed by atoms with Gasteiger partial charge in [0, 0.05) is 18.1 Å². The van der Waals surface area contributed by atoms with Gasteiger partial charge in [-0.1, -0.05) is 13.8 Å². The summed E-state index contributed by atoms with van der Waals surface area (Å²) in [6.45, 7) is 7.54. The van der Waals surface area contributed by atoms with Crippen LogP contribution in [0.4, 0.5) is 0 Å². The standard InChI is InChI=1S/C11H25N3/c1-10(2)13-11(9-12)5-4-7-14(3)8-6-11/h10,13H,4-9,12H2,1-3H3. The monoisotopic (exact) mass is 199 g/mol. The molecule has 1 atom stereocenters. The summed E-state index contributed by atoms with van der Waals surface area (Å²) in [5.41, 5.74) is 6.11. The van der Waals surface area contributed by atoms with E-state index in [0.717, 1.165) is 13.1 Å². The highest BCUT2D eigenvalue weighted by Crippen LogP contribution is 2.21. The van der Waals surface area contributed by atoms with Crippen LogP contribution in [-0.2, 0) is 0 Å². The summed E-state index contributed by atoms with van der Waals surface area (Å²) in [6, 6.07) is 0.530. The summed E-state index contributed by atoms with van der Waals surface area (Å²) in [6.07, 6.45) is 3.65. The molecule has 0 saturated carbocycles. The lowest BCUT2D eigenvalue weighted by atomic mass is 9.90. The first-order valence-electron chi connectivity index (χ1n) is 5.74. The highest BCUT2D eigenvalue weighted by Gasteiger charge is 2.30. The highest BCUT2D eigenvalue weighted by molar-refractivity contribution is 4.92. The summed E-state index contributed by atoms with van der Waals surface area (Å²) in [5, 5.41) is 3.65. The zero-order chi connectivity index (χ0) is 10.6. The van der Waals surface area contributed by atoms with Crippen LogP contribution in [0.3, 0.4) is 0 Å². The van der Waals surface area contributed by atoms with E-state index in [0.29, 0.717) is 6.04 Å². The van der Waals surface area contributed by atoms with Crippen molar-refractivity contribution < 1.29 is 0 Å². The Kier molecular flexibility index (Phi) is 4.35. The summed E-state index contributed by atoms with van der Waals surface area (Å²) in [4.78, 5) is 2.40. The number of rotatable bonds is 3. The molecule has 84 valence electrons. The number of likely N-dealkylation sites (tertiary alicyclic amines) is 1. The van der Waals surface area contributed by atoms with Gasteiger partial charge in [-0.15, -0.1) is 0 Å². The minimum absolute atomic E-state index is 0.193. The third-order valence-electron chi connectivity index (χ3n) is 3.15. The first-order chi connectivity index (χ1) is 6.58. The molecule has 1 rings (SSSR count). The van der Waals surface area contributed by atoms with Crippen molar-refractivity contribution >= 4 is 0 Å². The fourth-order valence-corrected chi connectivity index (χ4v) is 2.35. The average Bonchev–Trinajstić information content (AvgIpc) is 2.29.